The lowest BCUT2D eigenvalue weighted by Crippen LogP contribution is -2.24. The number of nitro groups is 1. The fraction of sp³-hybridized carbons (Fsp3) is 0.545. The fourth-order valence-electron chi connectivity index (χ4n) is 4.52. The van der Waals surface area contributed by atoms with E-state index in [1.54, 1.807) is 17.2 Å². The third-order valence-corrected chi connectivity index (χ3v) is 6.09. The Balaban J connectivity index is 1.61. The molecule has 0 saturated carbocycles. The highest BCUT2D eigenvalue weighted by atomic mass is 16.6. The van der Waals surface area contributed by atoms with Gasteiger partial charge in [0.2, 0.25) is 5.91 Å². The predicted octanol–water partition coefficient (Wildman–Crippen LogP) is 3.68. The second-order valence-electron chi connectivity index (χ2n) is 9.06. The molecule has 0 aliphatic carbocycles. The van der Waals surface area contributed by atoms with E-state index in [1.807, 2.05) is 4.68 Å². The van der Waals surface area contributed by atoms with Crippen LogP contribution in [0.2, 0.25) is 0 Å². The quantitative estimate of drug-likeness (QED) is 0.412. The van der Waals surface area contributed by atoms with E-state index in [4.69, 9.17) is 9.84 Å². The third-order valence-electron chi connectivity index (χ3n) is 6.09. The molecule has 3 aromatic heterocycles. The lowest BCUT2D eigenvalue weighted by atomic mass is 10.2. The zero-order chi connectivity index (χ0) is 23.1. The molecule has 0 spiro atoms. The van der Waals surface area contributed by atoms with Gasteiger partial charge in [-0.25, -0.2) is 4.68 Å². The van der Waals surface area contributed by atoms with Gasteiger partial charge in [-0.2, -0.15) is 10.2 Å². The summed E-state index contributed by atoms with van der Waals surface area (Å²) in [5.74, 6) is 0.976. The molecule has 5 heterocycles. The number of aromatic nitrogens is 5. The number of anilines is 1. The van der Waals surface area contributed by atoms with Gasteiger partial charge in [0.1, 0.15) is 12.4 Å². The van der Waals surface area contributed by atoms with Gasteiger partial charge in [-0.05, 0) is 37.7 Å². The van der Waals surface area contributed by atoms with Crippen LogP contribution in [0.25, 0.3) is 22.3 Å². The first-order chi connectivity index (χ1) is 15.9. The summed E-state index contributed by atoms with van der Waals surface area (Å²) in [4.78, 5) is 30.0. The minimum Gasteiger partial charge on any atom is -0.357 e. The normalized spacial score (nSPS) is 19.2. The standard InChI is InChI=1S/C22H27N7O4/c1-14(2)12-27-17-10-16(23-11-15(17)22(25-27)26-8-5-6-19(26)30)21-18(29(31)32)13-28(24-21)20-7-3-4-9-33-20/h10-11,13-14,20H,3-9,12H2,1-2H3. The Bertz CT molecular complexity index is 1210. The maximum absolute atomic E-state index is 12.4. The molecule has 3 aromatic rings. The van der Waals surface area contributed by atoms with E-state index in [9.17, 15) is 14.9 Å². The van der Waals surface area contributed by atoms with Gasteiger partial charge in [0, 0.05) is 32.3 Å². The van der Waals surface area contributed by atoms with Gasteiger partial charge in [-0.3, -0.25) is 29.5 Å². The molecular formula is C22H27N7O4. The van der Waals surface area contributed by atoms with E-state index in [0.29, 0.717) is 43.5 Å². The van der Waals surface area contributed by atoms with Gasteiger partial charge < -0.3 is 4.74 Å². The van der Waals surface area contributed by atoms with Crippen LogP contribution in [0, 0.1) is 16.0 Å². The predicted molar refractivity (Wildman–Crippen MR) is 121 cm³/mol. The lowest BCUT2D eigenvalue weighted by Gasteiger charge is -2.22. The summed E-state index contributed by atoms with van der Waals surface area (Å²) in [5, 5.41) is 21.8. The molecule has 2 fully saturated rings. The van der Waals surface area contributed by atoms with Crippen molar-refractivity contribution < 1.29 is 14.5 Å². The van der Waals surface area contributed by atoms with E-state index < -0.39 is 4.92 Å². The smallest absolute Gasteiger partial charge is 0.316 e. The van der Waals surface area contributed by atoms with E-state index >= 15 is 0 Å². The molecule has 1 atom stereocenters. The van der Waals surface area contributed by atoms with Crippen molar-refractivity contribution in [1.29, 1.82) is 0 Å². The van der Waals surface area contributed by atoms with Crippen LogP contribution in [0.15, 0.2) is 18.5 Å². The number of hydrogen-bond acceptors (Lipinski definition) is 7. The number of carbonyl (C=O) groups excluding carboxylic acids is 1. The zero-order valence-corrected chi connectivity index (χ0v) is 18.8. The highest BCUT2D eigenvalue weighted by Gasteiger charge is 2.29. The van der Waals surface area contributed by atoms with Crippen LogP contribution >= 0.6 is 0 Å². The summed E-state index contributed by atoms with van der Waals surface area (Å²) < 4.78 is 9.16. The molecule has 2 saturated heterocycles. The van der Waals surface area contributed by atoms with Gasteiger partial charge >= 0.3 is 5.69 Å². The number of nitrogens with zero attached hydrogens (tertiary/aromatic N) is 7. The van der Waals surface area contributed by atoms with Gasteiger partial charge in [0.05, 0.1) is 21.5 Å². The molecule has 0 N–H and O–H groups in total. The molecule has 2 aliphatic heterocycles. The zero-order valence-electron chi connectivity index (χ0n) is 18.8. The summed E-state index contributed by atoms with van der Waals surface area (Å²) in [6, 6.07) is 1.79. The van der Waals surface area contributed by atoms with Crippen molar-refractivity contribution in [3.63, 3.8) is 0 Å². The minimum atomic E-state index is -0.437. The summed E-state index contributed by atoms with van der Waals surface area (Å²) in [7, 11) is 0. The first-order valence-electron chi connectivity index (χ1n) is 11.4. The van der Waals surface area contributed by atoms with Crippen molar-refractivity contribution in [2.45, 2.75) is 58.7 Å². The third kappa shape index (κ3) is 3.97. The van der Waals surface area contributed by atoms with E-state index in [-0.39, 0.29) is 23.5 Å². The van der Waals surface area contributed by atoms with Crippen LogP contribution in [-0.4, -0.2) is 48.5 Å². The number of hydrogen-bond donors (Lipinski definition) is 0. The Kier molecular flexibility index (Phi) is 5.57. The highest BCUT2D eigenvalue weighted by Crippen LogP contribution is 2.35. The number of ether oxygens (including phenoxy) is 1. The van der Waals surface area contributed by atoms with Crippen LogP contribution < -0.4 is 4.90 Å². The Labute approximate surface area is 190 Å². The van der Waals surface area contributed by atoms with Crippen LogP contribution in [0.4, 0.5) is 11.5 Å². The number of amides is 1. The molecule has 0 aromatic carbocycles. The SMILES string of the molecule is CC(C)Cn1nc(N2CCCC2=O)c2cnc(-c3nn(C4CCCCO4)cc3[N+](=O)[O-])cc21. The Morgan fingerprint density at radius 2 is 2.12 bits per heavy atom. The van der Waals surface area contributed by atoms with Gasteiger partial charge in [0.15, 0.2) is 11.5 Å². The number of rotatable bonds is 6. The van der Waals surface area contributed by atoms with Crippen LogP contribution in [-0.2, 0) is 16.1 Å². The average Bonchev–Trinajstić information content (AvgIpc) is 3.51. The second kappa shape index (κ2) is 8.54. The summed E-state index contributed by atoms with van der Waals surface area (Å²) in [6.07, 6.45) is 6.81. The average molecular weight is 454 g/mol. The summed E-state index contributed by atoms with van der Waals surface area (Å²) in [6.45, 7) is 6.07. The molecule has 1 amide bonds. The molecule has 5 rings (SSSR count). The molecule has 0 radical (unpaired) electrons. The maximum atomic E-state index is 12.4. The van der Waals surface area contributed by atoms with Crippen molar-refractivity contribution in [2.24, 2.45) is 5.92 Å². The first kappa shape index (κ1) is 21.5. The topological polar surface area (TPSA) is 121 Å². The Morgan fingerprint density at radius 3 is 2.79 bits per heavy atom. The van der Waals surface area contributed by atoms with Crippen molar-refractivity contribution in [1.82, 2.24) is 24.5 Å². The van der Waals surface area contributed by atoms with Gasteiger partial charge in [-0.1, -0.05) is 13.8 Å². The molecule has 11 heteroatoms. The van der Waals surface area contributed by atoms with Crippen LogP contribution in [0.3, 0.4) is 0 Å². The van der Waals surface area contributed by atoms with Gasteiger partial charge in [0.25, 0.3) is 0 Å². The van der Waals surface area contributed by atoms with Crippen LogP contribution in [0.1, 0.15) is 52.2 Å². The molecule has 1 unspecified atom stereocenters. The second-order valence-corrected chi connectivity index (χ2v) is 9.06. The van der Waals surface area contributed by atoms with Crippen molar-refractivity contribution in [3.8, 4) is 11.4 Å². The molecule has 11 nitrogen and oxygen atoms in total. The maximum Gasteiger partial charge on any atom is 0.316 e. The fourth-order valence-corrected chi connectivity index (χ4v) is 4.52. The molecule has 33 heavy (non-hydrogen) atoms. The molecular weight excluding hydrogens is 426 g/mol. The monoisotopic (exact) mass is 453 g/mol. The number of pyridine rings is 1. The van der Waals surface area contributed by atoms with Crippen molar-refractivity contribution in [2.75, 3.05) is 18.1 Å². The molecule has 0 bridgehead atoms. The number of fused-ring (bicyclic) bond motifs is 1. The van der Waals surface area contributed by atoms with Gasteiger partial charge in [-0.15, -0.1) is 0 Å². The van der Waals surface area contributed by atoms with E-state index in [1.165, 1.54) is 10.9 Å². The number of carbonyl (C=O) groups is 1. The summed E-state index contributed by atoms with van der Waals surface area (Å²) >= 11 is 0. The van der Waals surface area contributed by atoms with E-state index in [2.05, 4.69) is 23.9 Å². The van der Waals surface area contributed by atoms with Crippen molar-refractivity contribution >= 4 is 28.3 Å². The van der Waals surface area contributed by atoms with Crippen LogP contribution in [0.5, 0.6) is 0 Å². The lowest BCUT2D eigenvalue weighted by molar-refractivity contribution is -0.384. The minimum absolute atomic E-state index is 0.0528. The van der Waals surface area contributed by atoms with E-state index in [0.717, 1.165) is 36.6 Å². The Hall–Kier alpha value is -3.34. The first-order valence-corrected chi connectivity index (χ1v) is 11.4. The van der Waals surface area contributed by atoms with Crippen molar-refractivity contribution in [3.05, 3.63) is 28.6 Å². The molecule has 2 aliphatic rings. The molecule has 174 valence electrons. The largest absolute Gasteiger partial charge is 0.357 e. The summed E-state index contributed by atoms with van der Waals surface area (Å²) in [5.41, 5.74) is 1.27. The highest BCUT2D eigenvalue weighted by molar-refractivity contribution is 6.03. The Morgan fingerprint density at radius 1 is 1.27 bits per heavy atom.